The van der Waals surface area contributed by atoms with Crippen LogP contribution in [0.3, 0.4) is 0 Å². The van der Waals surface area contributed by atoms with Crippen LogP contribution in [0.1, 0.15) is 38.2 Å². The lowest BCUT2D eigenvalue weighted by Crippen LogP contribution is -2.40. The molecule has 0 N–H and O–H groups in total. The number of hydrogen-bond donors (Lipinski definition) is 0. The summed E-state index contributed by atoms with van der Waals surface area (Å²) in [5.41, 5.74) is 1.47. The first-order valence-corrected chi connectivity index (χ1v) is 6.68. The molecule has 1 aromatic rings. The minimum absolute atomic E-state index is 0.845. The van der Waals surface area contributed by atoms with Gasteiger partial charge in [-0.1, -0.05) is 43.7 Å². The van der Waals surface area contributed by atoms with Gasteiger partial charge in [0.15, 0.2) is 0 Å². The van der Waals surface area contributed by atoms with Crippen molar-refractivity contribution in [3.63, 3.8) is 0 Å². The van der Waals surface area contributed by atoms with Crippen LogP contribution < -0.4 is 0 Å². The van der Waals surface area contributed by atoms with Gasteiger partial charge in [-0.25, -0.2) is 0 Å². The highest BCUT2D eigenvalue weighted by atomic mass is 15.2. The SMILES string of the molecule is CCC1CCCCN1CCc1ccccc1. The van der Waals surface area contributed by atoms with Gasteiger partial charge in [-0.2, -0.15) is 0 Å². The summed E-state index contributed by atoms with van der Waals surface area (Å²) in [6, 6.07) is 11.7. The van der Waals surface area contributed by atoms with E-state index in [0.29, 0.717) is 0 Å². The van der Waals surface area contributed by atoms with Gasteiger partial charge in [0.05, 0.1) is 0 Å². The van der Waals surface area contributed by atoms with Crippen molar-refractivity contribution in [2.45, 2.75) is 45.1 Å². The second-order valence-corrected chi connectivity index (χ2v) is 4.83. The minimum Gasteiger partial charge on any atom is -0.300 e. The molecule has 1 saturated heterocycles. The van der Waals surface area contributed by atoms with Crippen molar-refractivity contribution < 1.29 is 0 Å². The van der Waals surface area contributed by atoms with Gasteiger partial charge >= 0.3 is 0 Å². The summed E-state index contributed by atoms with van der Waals surface area (Å²) in [4.78, 5) is 2.69. The molecule has 0 aliphatic carbocycles. The van der Waals surface area contributed by atoms with E-state index in [-0.39, 0.29) is 0 Å². The molecule has 0 radical (unpaired) electrons. The zero-order chi connectivity index (χ0) is 11.2. The van der Waals surface area contributed by atoms with E-state index in [1.165, 1.54) is 50.8 Å². The molecule has 16 heavy (non-hydrogen) atoms. The van der Waals surface area contributed by atoms with Gasteiger partial charge < -0.3 is 4.90 Å². The molecule has 1 heteroatoms. The Morgan fingerprint density at radius 1 is 1.19 bits per heavy atom. The Hall–Kier alpha value is -0.820. The lowest BCUT2D eigenvalue weighted by atomic mass is 9.99. The van der Waals surface area contributed by atoms with Crippen LogP contribution in [0.4, 0.5) is 0 Å². The summed E-state index contributed by atoms with van der Waals surface area (Å²) in [5.74, 6) is 0. The molecule has 1 aliphatic rings. The predicted octanol–water partition coefficient (Wildman–Crippen LogP) is 3.49. The standard InChI is InChI=1S/C15H23N/c1-2-15-10-6-7-12-16(15)13-11-14-8-4-3-5-9-14/h3-5,8-9,15H,2,6-7,10-13H2,1H3. The van der Waals surface area contributed by atoms with Gasteiger partial charge in [0.1, 0.15) is 0 Å². The quantitative estimate of drug-likeness (QED) is 0.746. The third-order valence-corrected chi connectivity index (χ3v) is 3.75. The van der Waals surface area contributed by atoms with Gasteiger partial charge in [0, 0.05) is 12.6 Å². The maximum Gasteiger partial charge on any atom is 0.00927 e. The van der Waals surface area contributed by atoms with Crippen LogP contribution in [-0.2, 0) is 6.42 Å². The lowest BCUT2D eigenvalue weighted by molar-refractivity contribution is 0.146. The number of piperidine rings is 1. The Labute approximate surface area is 99.5 Å². The van der Waals surface area contributed by atoms with Crippen molar-refractivity contribution in [2.75, 3.05) is 13.1 Å². The normalized spacial score (nSPS) is 22.2. The van der Waals surface area contributed by atoms with Crippen LogP contribution in [0.25, 0.3) is 0 Å². The van der Waals surface area contributed by atoms with Crippen LogP contribution in [0.15, 0.2) is 30.3 Å². The molecule has 88 valence electrons. The van der Waals surface area contributed by atoms with Crippen LogP contribution in [-0.4, -0.2) is 24.0 Å². The molecule has 1 fully saturated rings. The van der Waals surface area contributed by atoms with Gasteiger partial charge in [-0.3, -0.25) is 0 Å². The predicted molar refractivity (Wildman–Crippen MR) is 69.6 cm³/mol. The monoisotopic (exact) mass is 217 g/mol. The molecule has 2 rings (SSSR count). The van der Waals surface area contributed by atoms with Crippen molar-refractivity contribution in [1.29, 1.82) is 0 Å². The van der Waals surface area contributed by atoms with Gasteiger partial charge in [-0.15, -0.1) is 0 Å². The molecule has 0 bridgehead atoms. The topological polar surface area (TPSA) is 3.24 Å². The van der Waals surface area contributed by atoms with E-state index < -0.39 is 0 Å². The lowest BCUT2D eigenvalue weighted by Gasteiger charge is -2.35. The molecule has 0 saturated carbocycles. The van der Waals surface area contributed by atoms with E-state index >= 15 is 0 Å². The first-order chi connectivity index (χ1) is 7.90. The fourth-order valence-corrected chi connectivity index (χ4v) is 2.73. The first-order valence-electron chi connectivity index (χ1n) is 6.68. The molecule has 1 aromatic carbocycles. The molecule has 1 heterocycles. The molecule has 1 unspecified atom stereocenters. The summed E-state index contributed by atoms with van der Waals surface area (Å²) < 4.78 is 0. The summed E-state index contributed by atoms with van der Waals surface area (Å²) in [6.45, 7) is 4.87. The second-order valence-electron chi connectivity index (χ2n) is 4.83. The number of rotatable bonds is 4. The third kappa shape index (κ3) is 3.08. The molecule has 0 amide bonds. The Balaban J connectivity index is 1.84. The summed E-state index contributed by atoms with van der Waals surface area (Å²) in [6.07, 6.45) is 6.75. The van der Waals surface area contributed by atoms with Crippen LogP contribution in [0.2, 0.25) is 0 Å². The van der Waals surface area contributed by atoms with Crippen LogP contribution in [0, 0.1) is 0 Å². The number of benzene rings is 1. The Morgan fingerprint density at radius 3 is 2.75 bits per heavy atom. The van der Waals surface area contributed by atoms with E-state index in [2.05, 4.69) is 42.2 Å². The van der Waals surface area contributed by atoms with Gasteiger partial charge in [0.2, 0.25) is 0 Å². The second kappa shape index (κ2) is 6.05. The molecule has 1 aliphatic heterocycles. The number of hydrogen-bond acceptors (Lipinski definition) is 1. The smallest absolute Gasteiger partial charge is 0.00927 e. The summed E-state index contributed by atoms with van der Waals surface area (Å²) in [5, 5.41) is 0. The highest BCUT2D eigenvalue weighted by molar-refractivity contribution is 5.14. The zero-order valence-electron chi connectivity index (χ0n) is 10.4. The Kier molecular flexibility index (Phi) is 4.41. The fraction of sp³-hybridized carbons (Fsp3) is 0.600. The highest BCUT2D eigenvalue weighted by Gasteiger charge is 2.19. The van der Waals surface area contributed by atoms with E-state index in [0.717, 1.165) is 6.04 Å². The summed E-state index contributed by atoms with van der Waals surface area (Å²) in [7, 11) is 0. The molecule has 1 nitrogen and oxygen atoms in total. The van der Waals surface area contributed by atoms with Crippen molar-refractivity contribution in [1.82, 2.24) is 4.90 Å². The largest absolute Gasteiger partial charge is 0.300 e. The van der Waals surface area contributed by atoms with E-state index in [9.17, 15) is 0 Å². The Bertz CT molecular complexity index is 294. The zero-order valence-corrected chi connectivity index (χ0v) is 10.4. The molecule has 0 aromatic heterocycles. The third-order valence-electron chi connectivity index (χ3n) is 3.75. The van der Waals surface area contributed by atoms with E-state index in [1.807, 2.05) is 0 Å². The molecule has 0 spiro atoms. The van der Waals surface area contributed by atoms with Gasteiger partial charge in [-0.05, 0) is 37.8 Å². The molecular weight excluding hydrogens is 194 g/mol. The van der Waals surface area contributed by atoms with Crippen molar-refractivity contribution >= 4 is 0 Å². The number of nitrogens with zero attached hydrogens (tertiary/aromatic N) is 1. The fourth-order valence-electron chi connectivity index (χ4n) is 2.73. The van der Waals surface area contributed by atoms with E-state index in [1.54, 1.807) is 0 Å². The molecule has 1 atom stereocenters. The van der Waals surface area contributed by atoms with E-state index in [4.69, 9.17) is 0 Å². The van der Waals surface area contributed by atoms with Crippen LogP contribution >= 0.6 is 0 Å². The van der Waals surface area contributed by atoms with Crippen molar-refractivity contribution in [2.24, 2.45) is 0 Å². The average Bonchev–Trinajstić information content (AvgIpc) is 2.38. The average molecular weight is 217 g/mol. The van der Waals surface area contributed by atoms with Crippen molar-refractivity contribution in [3.8, 4) is 0 Å². The maximum absolute atomic E-state index is 2.69. The summed E-state index contributed by atoms with van der Waals surface area (Å²) >= 11 is 0. The highest BCUT2D eigenvalue weighted by Crippen LogP contribution is 2.19. The van der Waals surface area contributed by atoms with Gasteiger partial charge in [0.25, 0.3) is 0 Å². The van der Waals surface area contributed by atoms with Crippen LogP contribution in [0.5, 0.6) is 0 Å². The maximum atomic E-state index is 2.69. The van der Waals surface area contributed by atoms with Crippen molar-refractivity contribution in [3.05, 3.63) is 35.9 Å². The first kappa shape index (κ1) is 11.7. The minimum atomic E-state index is 0.845. The molecular formula is C15H23N. The number of likely N-dealkylation sites (tertiary alicyclic amines) is 1. The Morgan fingerprint density at radius 2 is 2.00 bits per heavy atom.